The number of carbonyl (C=O) groups excluding carboxylic acids is 5. The summed E-state index contributed by atoms with van der Waals surface area (Å²) in [5.74, 6) is -1.66. The fourth-order valence-electron chi connectivity index (χ4n) is 5.34. The van der Waals surface area contributed by atoms with Crippen LogP contribution in [0.2, 0.25) is 0 Å². The second-order valence-electron chi connectivity index (χ2n) is 11.2. The Hall–Kier alpha value is -5.97. The Morgan fingerprint density at radius 1 is 0.560 bits per heavy atom. The second kappa shape index (κ2) is 17.4. The first-order valence-corrected chi connectivity index (χ1v) is 15.6. The molecule has 0 saturated heterocycles. The minimum absolute atomic E-state index is 0.223. The summed E-state index contributed by atoms with van der Waals surface area (Å²) in [5, 5.41) is 0. The minimum atomic E-state index is -0.588. The molecule has 0 saturated carbocycles. The fraction of sp³-hybridized carbons (Fsp3) is 0.256. The largest absolute Gasteiger partial charge is 0.481 e. The van der Waals surface area contributed by atoms with Crippen molar-refractivity contribution in [2.24, 2.45) is 0 Å². The van der Waals surface area contributed by atoms with Crippen LogP contribution in [-0.4, -0.2) is 71.6 Å². The highest BCUT2D eigenvalue weighted by Gasteiger charge is 2.25. The molecule has 2 atom stereocenters. The highest BCUT2D eigenvalue weighted by molar-refractivity contribution is 5.82. The van der Waals surface area contributed by atoms with E-state index < -0.39 is 17.9 Å². The molecule has 2 unspecified atom stereocenters. The Labute approximate surface area is 290 Å². The Morgan fingerprint density at radius 2 is 0.980 bits per heavy atom. The van der Waals surface area contributed by atoms with Crippen LogP contribution in [0.15, 0.2) is 78.9 Å². The van der Waals surface area contributed by atoms with Crippen molar-refractivity contribution in [3.63, 3.8) is 0 Å². The second-order valence-corrected chi connectivity index (χ2v) is 11.2. The molecule has 0 amide bonds. The smallest absolute Gasteiger partial charge is 0.343 e. The molecular weight excluding hydrogens is 644 g/mol. The van der Waals surface area contributed by atoms with Gasteiger partial charge in [-0.2, -0.15) is 0 Å². The van der Waals surface area contributed by atoms with Crippen LogP contribution in [0.1, 0.15) is 68.7 Å². The van der Waals surface area contributed by atoms with Crippen LogP contribution in [0.5, 0.6) is 17.2 Å². The van der Waals surface area contributed by atoms with Crippen molar-refractivity contribution in [1.29, 1.82) is 0 Å². The third-order valence-electron chi connectivity index (χ3n) is 8.22. The van der Waals surface area contributed by atoms with E-state index in [1.165, 1.54) is 21.3 Å². The molecule has 11 nitrogen and oxygen atoms in total. The maximum atomic E-state index is 12.4. The number of rotatable bonds is 16. The number of hydrogen-bond acceptors (Lipinski definition) is 11. The Morgan fingerprint density at radius 3 is 1.38 bits per heavy atom. The molecule has 4 rings (SSSR count). The lowest BCUT2D eigenvalue weighted by molar-refractivity contribution is -0.143. The molecule has 260 valence electrons. The van der Waals surface area contributed by atoms with Crippen molar-refractivity contribution in [2.75, 3.05) is 41.2 Å². The van der Waals surface area contributed by atoms with Gasteiger partial charge < -0.3 is 28.4 Å². The van der Waals surface area contributed by atoms with Gasteiger partial charge in [-0.15, -0.1) is 0 Å². The van der Waals surface area contributed by atoms with Crippen molar-refractivity contribution in [1.82, 2.24) is 0 Å². The van der Waals surface area contributed by atoms with Crippen molar-refractivity contribution in [2.45, 2.75) is 25.7 Å². The summed E-state index contributed by atoms with van der Waals surface area (Å²) in [5.41, 5.74) is 5.16. The topological polar surface area (TPSA) is 141 Å². The van der Waals surface area contributed by atoms with Crippen LogP contribution >= 0.6 is 0 Å². The van der Waals surface area contributed by atoms with Gasteiger partial charge in [-0.3, -0.25) is 9.59 Å². The maximum absolute atomic E-state index is 12.4. The van der Waals surface area contributed by atoms with E-state index in [-0.39, 0.29) is 54.3 Å². The van der Waals surface area contributed by atoms with E-state index in [4.69, 9.17) is 18.9 Å². The van der Waals surface area contributed by atoms with E-state index in [9.17, 15) is 24.0 Å². The average molecular weight is 683 g/mol. The number of ether oxygens (including phenoxy) is 6. The molecule has 0 aliphatic carbocycles. The number of benzene rings is 4. The molecule has 0 aromatic heterocycles. The van der Waals surface area contributed by atoms with Gasteiger partial charge in [0.05, 0.1) is 32.5 Å². The number of carbonyl (C=O) groups is 5. The molecule has 0 N–H and O–H groups in total. The lowest BCUT2D eigenvalue weighted by Crippen LogP contribution is -2.16. The van der Waals surface area contributed by atoms with E-state index in [1.807, 2.05) is 56.3 Å². The SMILES string of the molecule is COC(=O)COc1ccc(C(C)c2cc(-c3ccccc3)cc(C(C)c3ccc(OCC(=O)OC)c(C=O)c3)c2OCC(=O)OC)cc1C=O. The van der Waals surface area contributed by atoms with E-state index in [0.29, 0.717) is 29.4 Å². The average Bonchev–Trinajstić information content (AvgIpc) is 3.17. The van der Waals surface area contributed by atoms with E-state index in [2.05, 4.69) is 9.47 Å². The van der Waals surface area contributed by atoms with Gasteiger partial charge in [0.25, 0.3) is 0 Å². The standard InChI is InChI=1S/C39H38O11/c1-24(27-11-13-34(30(15-27)19-40)48-21-36(42)45-3)32-17-29(26-9-7-6-8-10-26)18-33(39(32)50-23-38(44)47-5)25(2)28-12-14-35(31(16-28)20-41)49-22-37(43)46-4/h6-20,24-25H,21-23H2,1-5H3. The molecule has 0 aliphatic rings. The summed E-state index contributed by atoms with van der Waals surface area (Å²) in [6.45, 7) is 2.80. The molecule has 11 heteroatoms. The molecule has 0 bridgehead atoms. The van der Waals surface area contributed by atoms with Crippen molar-refractivity contribution >= 4 is 30.5 Å². The van der Waals surface area contributed by atoms with E-state index in [1.54, 1.807) is 36.4 Å². The van der Waals surface area contributed by atoms with Crippen LogP contribution in [0, 0.1) is 0 Å². The number of methoxy groups -OCH3 is 3. The highest BCUT2D eigenvalue weighted by Crippen LogP contribution is 2.43. The van der Waals surface area contributed by atoms with Crippen LogP contribution in [0.4, 0.5) is 0 Å². The molecular formula is C39H38O11. The monoisotopic (exact) mass is 682 g/mol. The third kappa shape index (κ3) is 8.93. The first-order chi connectivity index (χ1) is 24.1. The normalized spacial score (nSPS) is 11.8. The molecule has 0 radical (unpaired) electrons. The fourth-order valence-corrected chi connectivity index (χ4v) is 5.34. The van der Waals surface area contributed by atoms with Crippen LogP contribution in [-0.2, 0) is 28.6 Å². The first kappa shape index (κ1) is 36.9. The highest BCUT2D eigenvalue weighted by atomic mass is 16.6. The first-order valence-electron chi connectivity index (χ1n) is 15.6. The lowest BCUT2D eigenvalue weighted by Gasteiger charge is -2.25. The van der Waals surface area contributed by atoms with Crippen LogP contribution in [0.3, 0.4) is 0 Å². The van der Waals surface area contributed by atoms with Gasteiger partial charge in [0.2, 0.25) is 0 Å². The molecule has 0 heterocycles. The van der Waals surface area contributed by atoms with Crippen LogP contribution in [0.25, 0.3) is 11.1 Å². The predicted octanol–water partition coefficient (Wildman–Crippen LogP) is 5.94. The quantitative estimate of drug-likeness (QED) is 0.0788. The van der Waals surface area contributed by atoms with E-state index in [0.717, 1.165) is 22.3 Å². The molecule has 0 fully saturated rings. The maximum Gasteiger partial charge on any atom is 0.343 e. The third-order valence-corrected chi connectivity index (χ3v) is 8.22. The Kier molecular flexibility index (Phi) is 12.9. The van der Waals surface area contributed by atoms with Gasteiger partial charge in [0.1, 0.15) is 17.2 Å². The van der Waals surface area contributed by atoms with Crippen molar-refractivity contribution < 1.29 is 52.4 Å². The summed E-state index contributed by atoms with van der Waals surface area (Å²) >= 11 is 0. The summed E-state index contributed by atoms with van der Waals surface area (Å²) in [4.78, 5) is 59.9. The summed E-state index contributed by atoms with van der Waals surface area (Å²) in [7, 11) is 3.76. The Bertz CT molecular complexity index is 1750. The van der Waals surface area contributed by atoms with Crippen molar-refractivity contribution in [3.8, 4) is 28.4 Å². The van der Waals surface area contributed by atoms with Crippen molar-refractivity contribution in [3.05, 3.63) is 112 Å². The minimum Gasteiger partial charge on any atom is -0.481 e. The van der Waals surface area contributed by atoms with Gasteiger partial charge in [-0.25, -0.2) is 14.4 Å². The number of aldehydes is 2. The van der Waals surface area contributed by atoms with Gasteiger partial charge in [-0.1, -0.05) is 56.3 Å². The molecule has 4 aromatic rings. The summed E-state index contributed by atoms with van der Waals surface area (Å²) in [6, 6.07) is 23.8. The summed E-state index contributed by atoms with van der Waals surface area (Å²) < 4.78 is 31.4. The van der Waals surface area contributed by atoms with Gasteiger partial charge >= 0.3 is 17.9 Å². The predicted molar refractivity (Wildman–Crippen MR) is 183 cm³/mol. The number of hydrogen-bond donors (Lipinski definition) is 0. The zero-order chi connectivity index (χ0) is 36.2. The van der Waals surface area contributed by atoms with Gasteiger partial charge in [0.15, 0.2) is 32.4 Å². The zero-order valence-corrected chi connectivity index (χ0v) is 28.4. The molecule has 50 heavy (non-hydrogen) atoms. The van der Waals surface area contributed by atoms with E-state index >= 15 is 0 Å². The van der Waals surface area contributed by atoms with Crippen LogP contribution < -0.4 is 14.2 Å². The molecule has 0 spiro atoms. The number of esters is 3. The Balaban J connectivity index is 1.88. The van der Waals surface area contributed by atoms with Gasteiger partial charge in [-0.05, 0) is 58.7 Å². The molecule has 4 aromatic carbocycles. The molecule has 0 aliphatic heterocycles. The zero-order valence-electron chi connectivity index (χ0n) is 28.4. The van der Waals surface area contributed by atoms with Gasteiger partial charge in [0, 0.05) is 23.0 Å². The lowest BCUT2D eigenvalue weighted by atomic mass is 9.83. The summed E-state index contributed by atoms with van der Waals surface area (Å²) in [6.07, 6.45) is 1.29.